The summed E-state index contributed by atoms with van der Waals surface area (Å²) in [6.45, 7) is 0.971. The molecule has 0 aromatic heterocycles. The van der Waals surface area contributed by atoms with E-state index in [1.807, 2.05) is 48.5 Å². The van der Waals surface area contributed by atoms with Crippen LogP contribution >= 0.6 is 0 Å². The number of nitrogens with zero attached hydrogens (tertiary/aromatic N) is 2. The second-order valence-electron chi connectivity index (χ2n) is 8.07. The Kier molecular flexibility index (Phi) is 6.63. The molecule has 1 saturated heterocycles. The van der Waals surface area contributed by atoms with E-state index < -0.39 is 6.04 Å². The topological polar surface area (TPSA) is 59.1 Å². The van der Waals surface area contributed by atoms with Gasteiger partial charge in [-0.2, -0.15) is 0 Å². The number of benzene rings is 3. The lowest BCUT2D eigenvalue weighted by Crippen LogP contribution is -2.58. The largest absolute Gasteiger partial charge is 0.497 e. The quantitative estimate of drug-likeness (QED) is 0.579. The summed E-state index contributed by atoms with van der Waals surface area (Å²) in [5.74, 6) is 1.14. The van der Waals surface area contributed by atoms with E-state index in [1.165, 1.54) is 0 Å². The van der Waals surface area contributed by atoms with E-state index in [9.17, 15) is 9.59 Å². The zero-order valence-corrected chi connectivity index (χ0v) is 19.2. The Bertz CT molecular complexity index is 1160. The molecule has 0 bridgehead atoms. The van der Waals surface area contributed by atoms with Crippen molar-refractivity contribution in [3.8, 4) is 22.6 Å². The van der Waals surface area contributed by atoms with Crippen molar-refractivity contribution in [1.82, 2.24) is 9.80 Å². The number of carbonyl (C=O) groups is 2. The monoisotopic (exact) mass is 444 g/mol. The van der Waals surface area contributed by atoms with Gasteiger partial charge in [-0.05, 0) is 35.4 Å². The van der Waals surface area contributed by atoms with Crippen molar-refractivity contribution in [2.75, 3.05) is 34.4 Å². The minimum absolute atomic E-state index is 0.0627. The molecular weight excluding hydrogens is 416 g/mol. The van der Waals surface area contributed by atoms with Crippen molar-refractivity contribution >= 4 is 11.8 Å². The van der Waals surface area contributed by atoms with Gasteiger partial charge >= 0.3 is 0 Å². The van der Waals surface area contributed by atoms with Crippen molar-refractivity contribution in [1.29, 1.82) is 0 Å². The smallest absolute Gasteiger partial charge is 0.254 e. The van der Waals surface area contributed by atoms with Crippen LogP contribution in [0.25, 0.3) is 11.1 Å². The minimum Gasteiger partial charge on any atom is -0.497 e. The zero-order valence-electron chi connectivity index (χ0n) is 19.2. The molecule has 33 heavy (non-hydrogen) atoms. The summed E-state index contributed by atoms with van der Waals surface area (Å²) in [6, 6.07) is 22.2. The average Bonchev–Trinajstić information content (AvgIpc) is 2.87. The fourth-order valence-electron chi connectivity index (χ4n) is 4.31. The maximum atomic E-state index is 13.5. The lowest BCUT2D eigenvalue weighted by molar-refractivity contribution is -0.138. The van der Waals surface area contributed by atoms with E-state index in [0.717, 1.165) is 22.4 Å². The van der Waals surface area contributed by atoms with Gasteiger partial charge in [-0.15, -0.1) is 0 Å². The van der Waals surface area contributed by atoms with E-state index in [4.69, 9.17) is 9.47 Å². The van der Waals surface area contributed by atoms with E-state index in [-0.39, 0.29) is 11.8 Å². The van der Waals surface area contributed by atoms with Crippen LogP contribution in [-0.4, -0.2) is 62.0 Å². The van der Waals surface area contributed by atoms with Gasteiger partial charge in [-0.1, -0.05) is 48.5 Å². The van der Waals surface area contributed by atoms with Crippen LogP contribution in [-0.2, 0) is 11.2 Å². The molecule has 0 N–H and O–H groups in total. The average molecular weight is 445 g/mol. The maximum Gasteiger partial charge on any atom is 0.254 e. The van der Waals surface area contributed by atoms with Crippen LogP contribution in [0.4, 0.5) is 0 Å². The SMILES string of the molecule is COc1cccc(C(=O)N2CCN(C)C(=O)C2Cc2ccccc2-c2ccccc2OC)c1. The van der Waals surface area contributed by atoms with Gasteiger partial charge < -0.3 is 19.3 Å². The number of carbonyl (C=O) groups excluding carboxylic acids is 2. The lowest BCUT2D eigenvalue weighted by atomic mass is 9.92. The van der Waals surface area contributed by atoms with E-state index in [1.54, 1.807) is 55.3 Å². The normalized spacial score (nSPS) is 16.0. The molecule has 0 spiro atoms. The number of amides is 2. The molecule has 0 saturated carbocycles. The summed E-state index contributed by atoms with van der Waals surface area (Å²) in [5.41, 5.74) is 3.44. The zero-order chi connectivity index (χ0) is 23.4. The molecule has 1 atom stereocenters. The molecule has 3 aromatic rings. The Morgan fingerprint density at radius 3 is 2.39 bits per heavy atom. The van der Waals surface area contributed by atoms with Crippen LogP contribution in [0.15, 0.2) is 72.8 Å². The molecule has 1 aliphatic heterocycles. The summed E-state index contributed by atoms with van der Waals surface area (Å²) in [6.07, 6.45) is 0.410. The molecule has 4 rings (SSSR count). The predicted molar refractivity (Wildman–Crippen MR) is 128 cm³/mol. The molecule has 3 aromatic carbocycles. The van der Waals surface area contributed by atoms with Crippen LogP contribution < -0.4 is 9.47 Å². The molecule has 6 nitrogen and oxygen atoms in total. The highest BCUT2D eigenvalue weighted by Gasteiger charge is 2.37. The fourth-order valence-corrected chi connectivity index (χ4v) is 4.31. The predicted octanol–water partition coefficient (Wildman–Crippen LogP) is 3.90. The Balaban J connectivity index is 1.70. The Morgan fingerprint density at radius 2 is 1.64 bits per heavy atom. The van der Waals surface area contributed by atoms with Gasteiger partial charge in [0, 0.05) is 37.7 Å². The number of hydrogen-bond acceptors (Lipinski definition) is 4. The first-order valence-electron chi connectivity index (χ1n) is 10.9. The summed E-state index contributed by atoms with van der Waals surface area (Å²) in [7, 11) is 5.00. The molecule has 6 heteroatoms. The van der Waals surface area contributed by atoms with Crippen LogP contribution in [0.2, 0.25) is 0 Å². The molecule has 0 radical (unpaired) electrons. The summed E-state index contributed by atoms with van der Waals surface area (Å²) < 4.78 is 10.9. The molecule has 1 aliphatic rings. The molecule has 1 fully saturated rings. The number of ether oxygens (including phenoxy) is 2. The van der Waals surface area contributed by atoms with E-state index in [2.05, 4.69) is 0 Å². The van der Waals surface area contributed by atoms with Gasteiger partial charge in [0.25, 0.3) is 5.91 Å². The summed E-state index contributed by atoms with van der Waals surface area (Å²) >= 11 is 0. The number of piperazine rings is 1. The van der Waals surface area contributed by atoms with Crippen molar-refractivity contribution in [3.63, 3.8) is 0 Å². The minimum atomic E-state index is -0.599. The van der Waals surface area contributed by atoms with Gasteiger partial charge in [0.15, 0.2) is 0 Å². The molecular formula is C27H28N2O4. The second kappa shape index (κ2) is 9.77. The number of para-hydroxylation sites is 1. The van der Waals surface area contributed by atoms with Crippen LogP contribution in [0.5, 0.6) is 11.5 Å². The first kappa shape index (κ1) is 22.4. The van der Waals surface area contributed by atoms with Crippen LogP contribution in [0.1, 0.15) is 15.9 Å². The fraction of sp³-hybridized carbons (Fsp3) is 0.259. The van der Waals surface area contributed by atoms with Crippen molar-refractivity contribution in [2.45, 2.75) is 12.5 Å². The molecule has 2 amide bonds. The highest BCUT2D eigenvalue weighted by atomic mass is 16.5. The van der Waals surface area contributed by atoms with Crippen molar-refractivity contribution in [2.24, 2.45) is 0 Å². The van der Waals surface area contributed by atoms with Gasteiger partial charge in [-0.3, -0.25) is 9.59 Å². The molecule has 1 heterocycles. The standard InChI is InChI=1S/C27H28N2O4/c1-28-15-16-29(26(30)20-10-8-11-21(17-20)32-2)24(27(28)31)18-19-9-4-5-12-22(19)23-13-6-7-14-25(23)33-3/h4-14,17,24H,15-16,18H2,1-3H3. The summed E-state index contributed by atoms with van der Waals surface area (Å²) in [5, 5.41) is 0. The molecule has 170 valence electrons. The third-order valence-electron chi connectivity index (χ3n) is 6.12. The van der Waals surface area contributed by atoms with Crippen molar-refractivity contribution in [3.05, 3.63) is 83.9 Å². The Morgan fingerprint density at radius 1 is 0.909 bits per heavy atom. The van der Waals surface area contributed by atoms with Gasteiger partial charge in [-0.25, -0.2) is 0 Å². The maximum absolute atomic E-state index is 13.5. The van der Waals surface area contributed by atoms with Gasteiger partial charge in [0.1, 0.15) is 17.5 Å². The molecule has 1 unspecified atom stereocenters. The first-order valence-corrected chi connectivity index (χ1v) is 10.9. The third kappa shape index (κ3) is 4.55. The van der Waals surface area contributed by atoms with Crippen LogP contribution in [0, 0.1) is 0 Å². The number of likely N-dealkylation sites (N-methyl/N-ethyl adjacent to an activating group) is 1. The van der Waals surface area contributed by atoms with Gasteiger partial charge in [0.2, 0.25) is 5.91 Å². The van der Waals surface area contributed by atoms with E-state index >= 15 is 0 Å². The number of methoxy groups -OCH3 is 2. The Labute approximate surface area is 194 Å². The van der Waals surface area contributed by atoms with Crippen LogP contribution in [0.3, 0.4) is 0 Å². The highest BCUT2D eigenvalue weighted by Crippen LogP contribution is 2.33. The first-order chi connectivity index (χ1) is 16.0. The molecule has 0 aliphatic carbocycles. The third-order valence-corrected chi connectivity index (χ3v) is 6.12. The van der Waals surface area contributed by atoms with Crippen molar-refractivity contribution < 1.29 is 19.1 Å². The van der Waals surface area contributed by atoms with E-state index in [0.29, 0.717) is 30.8 Å². The lowest BCUT2D eigenvalue weighted by Gasteiger charge is -2.39. The summed E-state index contributed by atoms with van der Waals surface area (Å²) in [4.78, 5) is 30.1. The van der Waals surface area contributed by atoms with Gasteiger partial charge in [0.05, 0.1) is 14.2 Å². The highest BCUT2D eigenvalue weighted by molar-refractivity contribution is 5.98. The Hall–Kier alpha value is -3.80. The number of hydrogen-bond donors (Lipinski definition) is 0. The second-order valence-corrected chi connectivity index (χ2v) is 8.07. The number of rotatable bonds is 6.